The van der Waals surface area contributed by atoms with Crippen LogP contribution < -0.4 is 10.6 Å². The van der Waals surface area contributed by atoms with Crippen molar-refractivity contribution in [3.05, 3.63) is 30.2 Å². The van der Waals surface area contributed by atoms with E-state index < -0.39 is 0 Å². The van der Waals surface area contributed by atoms with Gasteiger partial charge < -0.3 is 25.6 Å². The van der Waals surface area contributed by atoms with Crippen LogP contribution in [0.25, 0.3) is 11.0 Å². The summed E-state index contributed by atoms with van der Waals surface area (Å²) in [5.74, 6) is 0.255. The zero-order valence-corrected chi connectivity index (χ0v) is 15.2. The molecule has 0 saturated carbocycles. The first-order valence-corrected chi connectivity index (χ1v) is 9.03. The van der Waals surface area contributed by atoms with E-state index in [2.05, 4.69) is 25.6 Å². The first-order valence-electron chi connectivity index (χ1n) is 9.03. The predicted octanol–water partition coefficient (Wildman–Crippen LogP) is 0.659. The Kier molecular flexibility index (Phi) is 6.02. The number of carbonyl (C=O) groups excluding carboxylic acids is 2. The molecule has 9 nitrogen and oxygen atoms in total. The quantitative estimate of drug-likeness (QED) is 0.553. The molecule has 4 N–H and O–H groups in total. The van der Waals surface area contributed by atoms with Crippen LogP contribution in [0.4, 0.5) is 5.82 Å². The molecule has 1 saturated heterocycles. The molecule has 2 amide bonds. The van der Waals surface area contributed by atoms with Crippen molar-refractivity contribution in [2.45, 2.75) is 25.8 Å². The Hall–Kier alpha value is -2.94. The molecule has 2 aromatic rings. The normalized spacial score (nSPS) is 17.4. The van der Waals surface area contributed by atoms with Crippen LogP contribution in [0.1, 0.15) is 30.1 Å². The van der Waals surface area contributed by atoms with Gasteiger partial charge in [-0.05, 0) is 25.8 Å². The minimum absolute atomic E-state index is 0.00236. The molecule has 3 heterocycles. The largest absolute Gasteiger partial charge is 0.395 e. The van der Waals surface area contributed by atoms with E-state index in [0.717, 1.165) is 19.4 Å². The third kappa shape index (κ3) is 4.25. The lowest BCUT2D eigenvalue weighted by atomic mass is 10.1. The molecule has 0 aromatic carbocycles. The van der Waals surface area contributed by atoms with Crippen molar-refractivity contribution in [1.82, 2.24) is 25.2 Å². The second-order valence-electron chi connectivity index (χ2n) is 6.40. The molecule has 1 atom stereocenters. The molecule has 27 heavy (non-hydrogen) atoms. The molecule has 0 unspecified atom stereocenters. The van der Waals surface area contributed by atoms with E-state index in [0.29, 0.717) is 29.0 Å². The summed E-state index contributed by atoms with van der Waals surface area (Å²) in [5, 5.41) is 15.5. The zero-order chi connectivity index (χ0) is 19.2. The zero-order valence-electron chi connectivity index (χ0n) is 15.2. The topological polar surface area (TPSA) is 123 Å². The fourth-order valence-corrected chi connectivity index (χ4v) is 3.25. The number of aromatic nitrogens is 3. The van der Waals surface area contributed by atoms with Crippen molar-refractivity contribution in [2.75, 3.05) is 31.6 Å². The number of hydrogen-bond acceptors (Lipinski definition) is 6. The van der Waals surface area contributed by atoms with Crippen molar-refractivity contribution in [2.24, 2.45) is 0 Å². The molecule has 1 aliphatic heterocycles. The molecule has 0 bridgehead atoms. The molecular formula is C18H24N6O3. The molecular weight excluding hydrogens is 348 g/mol. The van der Waals surface area contributed by atoms with Gasteiger partial charge in [0, 0.05) is 31.9 Å². The Bertz CT molecular complexity index is 847. The van der Waals surface area contributed by atoms with Gasteiger partial charge in [0.05, 0.1) is 17.6 Å². The summed E-state index contributed by atoms with van der Waals surface area (Å²) in [6, 6.07) is 0.0364. The van der Waals surface area contributed by atoms with Crippen LogP contribution in [0.5, 0.6) is 0 Å². The van der Waals surface area contributed by atoms with Crippen LogP contribution in [0.15, 0.2) is 24.7 Å². The Morgan fingerprint density at radius 2 is 2.30 bits per heavy atom. The van der Waals surface area contributed by atoms with Gasteiger partial charge in [-0.25, -0.2) is 9.97 Å². The number of H-pyrrole nitrogens is 1. The van der Waals surface area contributed by atoms with Gasteiger partial charge in [0.25, 0.3) is 5.91 Å². The first kappa shape index (κ1) is 18.8. The minimum atomic E-state index is -0.304. The number of fused-ring (bicyclic) bond motifs is 1. The van der Waals surface area contributed by atoms with Crippen molar-refractivity contribution in [3.63, 3.8) is 0 Å². The number of carbonyl (C=O) groups is 2. The number of anilines is 1. The van der Waals surface area contributed by atoms with Gasteiger partial charge in [0.2, 0.25) is 5.91 Å². The van der Waals surface area contributed by atoms with Crippen molar-refractivity contribution >= 4 is 28.7 Å². The smallest absolute Gasteiger partial charge is 0.253 e. The van der Waals surface area contributed by atoms with Crippen molar-refractivity contribution in [1.29, 1.82) is 0 Å². The third-order valence-electron chi connectivity index (χ3n) is 4.49. The highest BCUT2D eigenvalue weighted by molar-refractivity contribution is 6.09. The maximum atomic E-state index is 12.4. The summed E-state index contributed by atoms with van der Waals surface area (Å²) in [4.78, 5) is 37.7. The van der Waals surface area contributed by atoms with E-state index in [1.165, 1.54) is 6.33 Å². The van der Waals surface area contributed by atoms with E-state index >= 15 is 0 Å². The number of amides is 2. The number of nitrogens with zero attached hydrogens (tertiary/aromatic N) is 3. The van der Waals surface area contributed by atoms with Gasteiger partial charge in [0.15, 0.2) is 0 Å². The van der Waals surface area contributed by atoms with Gasteiger partial charge in [-0.15, -0.1) is 0 Å². The molecule has 3 rings (SSSR count). The highest BCUT2D eigenvalue weighted by Crippen LogP contribution is 2.25. The molecule has 0 spiro atoms. The molecule has 1 aliphatic rings. The Labute approximate surface area is 156 Å². The molecule has 0 radical (unpaired) electrons. The van der Waals surface area contributed by atoms with Gasteiger partial charge in [-0.2, -0.15) is 0 Å². The Morgan fingerprint density at radius 3 is 3.07 bits per heavy atom. The number of allylic oxidation sites excluding steroid dienone is 1. The lowest BCUT2D eigenvalue weighted by molar-refractivity contribution is -0.127. The fraction of sp³-hybridized carbons (Fsp3) is 0.444. The standard InChI is InChI=1S/C18H24N6O3/c1-2-4-14(26)24-7-3-5-12(10-24)23-17-15-13(18(27)19-6-8-25)9-20-16(15)21-11-22-17/h2,4,9,11-12,25H,3,5-8,10H2,1H3,(H,19,27)(H2,20,21,22,23)/t12-/m1/s1. The van der Waals surface area contributed by atoms with Gasteiger partial charge >= 0.3 is 0 Å². The molecule has 2 aromatic heterocycles. The number of aliphatic hydroxyl groups is 1. The molecule has 144 valence electrons. The summed E-state index contributed by atoms with van der Waals surface area (Å²) >= 11 is 0. The van der Waals surface area contributed by atoms with Crippen LogP contribution in [0, 0.1) is 0 Å². The van der Waals surface area contributed by atoms with Crippen molar-refractivity contribution in [3.8, 4) is 0 Å². The van der Waals surface area contributed by atoms with E-state index in [9.17, 15) is 9.59 Å². The Morgan fingerprint density at radius 1 is 1.44 bits per heavy atom. The third-order valence-corrected chi connectivity index (χ3v) is 4.49. The number of rotatable bonds is 6. The summed E-state index contributed by atoms with van der Waals surface area (Å²) < 4.78 is 0. The Balaban J connectivity index is 1.81. The van der Waals surface area contributed by atoms with Crippen LogP contribution >= 0.6 is 0 Å². The average molecular weight is 372 g/mol. The van der Waals surface area contributed by atoms with Gasteiger partial charge in [-0.1, -0.05) is 6.08 Å². The van der Waals surface area contributed by atoms with E-state index in [1.54, 1.807) is 18.3 Å². The number of likely N-dealkylation sites (tertiary alicyclic amines) is 1. The lowest BCUT2D eigenvalue weighted by Crippen LogP contribution is -2.44. The molecule has 1 fully saturated rings. The van der Waals surface area contributed by atoms with Crippen molar-refractivity contribution < 1.29 is 14.7 Å². The second kappa shape index (κ2) is 8.63. The van der Waals surface area contributed by atoms with E-state index in [1.807, 2.05) is 11.8 Å². The highest BCUT2D eigenvalue weighted by atomic mass is 16.3. The number of nitrogens with one attached hydrogen (secondary N) is 3. The highest BCUT2D eigenvalue weighted by Gasteiger charge is 2.24. The lowest BCUT2D eigenvalue weighted by Gasteiger charge is -2.33. The SMILES string of the molecule is CC=CC(=O)N1CCC[C@@H](Nc2ncnc3[nH]cc(C(=O)NCCO)c23)C1. The fourth-order valence-electron chi connectivity index (χ4n) is 3.25. The van der Waals surface area contributed by atoms with Crippen LogP contribution in [-0.2, 0) is 4.79 Å². The monoisotopic (exact) mass is 372 g/mol. The molecule has 0 aliphatic carbocycles. The maximum Gasteiger partial charge on any atom is 0.253 e. The van der Waals surface area contributed by atoms with E-state index in [4.69, 9.17) is 5.11 Å². The number of aromatic amines is 1. The minimum Gasteiger partial charge on any atom is -0.395 e. The number of aliphatic hydroxyl groups excluding tert-OH is 1. The summed E-state index contributed by atoms with van der Waals surface area (Å²) in [6.45, 7) is 3.18. The van der Waals surface area contributed by atoms with Gasteiger partial charge in [-0.3, -0.25) is 9.59 Å². The van der Waals surface area contributed by atoms with Crippen LogP contribution in [0.2, 0.25) is 0 Å². The van der Waals surface area contributed by atoms with Gasteiger partial charge in [0.1, 0.15) is 17.8 Å². The summed E-state index contributed by atoms with van der Waals surface area (Å²) in [7, 11) is 0. The average Bonchev–Trinajstić information content (AvgIpc) is 3.12. The summed E-state index contributed by atoms with van der Waals surface area (Å²) in [5.41, 5.74) is 0.971. The number of piperidine rings is 1. The number of hydrogen-bond donors (Lipinski definition) is 4. The predicted molar refractivity (Wildman–Crippen MR) is 101 cm³/mol. The second-order valence-corrected chi connectivity index (χ2v) is 6.40. The van der Waals surface area contributed by atoms with Crippen LogP contribution in [-0.4, -0.2) is 69.1 Å². The first-order chi connectivity index (χ1) is 13.1. The van der Waals surface area contributed by atoms with E-state index in [-0.39, 0.29) is 31.0 Å². The summed E-state index contributed by atoms with van der Waals surface area (Å²) in [6.07, 6.45) is 8.13. The maximum absolute atomic E-state index is 12.4. The van der Waals surface area contributed by atoms with Crippen LogP contribution in [0.3, 0.4) is 0 Å². The molecule has 9 heteroatoms.